The summed E-state index contributed by atoms with van der Waals surface area (Å²) in [4.78, 5) is 11.6. The molecule has 1 atom stereocenters. The summed E-state index contributed by atoms with van der Waals surface area (Å²) in [5.41, 5.74) is 3.61. The highest BCUT2D eigenvalue weighted by atomic mass is 16.5. The lowest BCUT2D eigenvalue weighted by Crippen LogP contribution is -2.12. The topological polar surface area (TPSA) is 56.1 Å². The highest BCUT2D eigenvalue weighted by Crippen LogP contribution is 2.23. The van der Waals surface area contributed by atoms with Gasteiger partial charge in [0, 0.05) is 18.9 Å². The summed E-state index contributed by atoms with van der Waals surface area (Å²) < 4.78 is 6.58. The average Bonchev–Trinajstić information content (AvgIpc) is 2.86. The fourth-order valence-corrected chi connectivity index (χ4v) is 2.14. The highest BCUT2D eigenvalue weighted by Gasteiger charge is 2.12. The molecule has 2 rings (SSSR count). The maximum absolute atomic E-state index is 11.6. The Hall–Kier alpha value is -2.30. The number of benzene rings is 1. The van der Waals surface area contributed by atoms with Crippen molar-refractivity contribution in [2.75, 3.05) is 12.4 Å². The van der Waals surface area contributed by atoms with E-state index in [9.17, 15) is 4.79 Å². The van der Waals surface area contributed by atoms with Gasteiger partial charge in [-0.25, -0.2) is 4.79 Å². The number of esters is 1. The van der Waals surface area contributed by atoms with Crippen LogP contribution in [0.5, 0.6) is 0 Å². The smallest absolute Gasteiger partial charge is 0.337 e. The second-order valence-electron chi connectivity index (χ2n) is 4.77. The average molecular weight is 273 g/mol. The van der Waals surface area contributed by atoms with E-state index in [2.05, 4.69) is 17.3 Å². The number of methoxy groups -OCH3 is 1. The number of aromatic nitrogens is 2. The van der Waals surface area contributed by atoms with Crippen molar-refractivity contribution in [2.24, 2.45) is 7.05 Å². The molecule has 1 aromatic carbocycles. The van der Waals surface area contributed by atoms with E-state index in [1.807, 2.05) is 36.9 Å². The van der Waals surface area contributed by atoms with Gasteiger partial charge in [-0.2, -0.15) is 5.10 Å². The van der Waals surface area contributed by atoms with Crippen LogP contribution in [0, 0.1) is 6.92 Å². The highest BCUT2D eigenvalue weighted by molar-refractivity contribution is 5.90. The van der Waals surface area contributed by atoms with Gasteiger partial charge in [0.1, 0.15) is 0 Å². The molecular formula is C15H19N3O2. The van der Waals surface area contributed by atoms with E-state index in [1.165, 1.54) is 7.11 Å². The van der Waals surface area contributed by atoms with Crippen LogP contribution in [-0.4, -0.2) is 22.9 Å². The number of rotatable bonds is 4. The monoisotopic (exact) mass is 273 g/mol. The minimum absolute atomic E-state index is 0.0918. The first-order valence-corrected chi connectivity index (χ1v) is 6.46. The van der Waals surface area contributed by atoms with Crippen LogP contribution in [0.25, 0.3) is 0 Å². The normalized spacial score (nSPS) is 12.0. The first-order valence-electron chi connectivity index (χ1n) is 6.46. The van der Waals surface area contributed by atoms with Gasteiger partial charge in [-0.05, 0) is 37.6 Å². The summed E-state index contributed by atoms with van der Waals surface area (Å²) >= 11 is 0. The Kier molecular flexibility index (Phi) is 4.08. The van der Waals surface area contributed by atoms with Crippen LogP contribution in [0.1, 0.15) is 34.6 Å². The van der Waals surface area contributed by atoms with Crippen molar-refractivity contribution >= 4 is 11.7 Å². The Morgan fingerprint density at radius 1 is 1.40 bits per heavy atom. The molecule has 5 nitrogen and oxygen atoms in total. The van der Waals surface area contributed by atoms with Crippen molar-refractivity contribution < 1.29 is 9.53 Å². The summed E-state index contributed by atoms with van der Waals surface area (Å²) in [6.45, 7) is 4.06. The molecular weight excluding hydrogens is 254 g/mol. The summed E-state index contributed by atoms with van der Waals surface area (Å²) in [7, 11) is 3.29. The summed E-state index contributed by atoms with van der Waals surface area (Å²) in [5, 5.41) is 7.57. The SMILES string of the molecule is COC(=O)c1ccc(C)c(NC(C)c2ccnn2C)c1. The molecule has 0 amide bonds. The molecule has 0 bridgehead atoms. The number of nitrogens with zero attached hydrogens (tertiary/aromatic N) is 2. The number of anilines is 1. The van der Waals surface area contributed by atoms with Crippen molar-refractivity contribution in [3.63, 3.8) is 0 Å². The third-order valence-corrected chi connectivity index (χ3v) is 3.33. The number of carbonyl (C=O) groups excluding carboxylic acids is 1. The van der Waals surface area contributed by atoms with Crippen molar-refractivity contribution in [3.8, 4) is 0 Å². The molecule has 1 heterocycles. The minimum atomic E-state index is -0.332. The van der Waals surface area contributed by atoms with E-state index in [-0.39, 0.29) is 12.0 Å². The van der Waals surface area contributed by atoms with E-state index in [4.69, 9.17) is 4.74 Å². The lowest BCUT2D eigenvalue weighted by atomic mass is 10.1. The minimum Gasteiger partial charge on any atom is -0.465 e. The lowest BCUT2D eigenvalue weighted by Gasteiger charge is -2.18. The van der Waals surface area contributed by atoms with Crippen LogP contribution in [0.3, 0.4) is 0 Å². The Bertz CT molecular complexity index is 619. The maximum atomic E-state index is 11.6. The lowest BCUT2D eigenvalue weighted by molar-refractivity contribution is 0.0601. The Morgan fingerprint density at radius 3 is 2.75 bits per heavy atom. The summed E-state index contributed by atoms with van der Waals surface area (Å²) in [5.74, 6) is -0.332. The van der Waals surface area contributed by atoms with E-state index in [0.717, 1.165) is 16.9 Å². The molecule has 0 radical (unpaired) electrons. The van der Waals surface area contributed by atoms with E-state index >= 15 is 0 Å². The van der Waals surface area contributed by atoms with Gasteiger partial charge in [-0.3, -0.25) is 4.68 Å². The van der Waals surface area contributed by atoms with Crippen LogP contribution < -0.4 is 5.32 Å². The Morgan fingerprint density at radius 2 is 2.15 bits per heavy atom. The van der Waals surface area contributed by atoms with Gasteiger partial charge < -0.3 is 10.1 Å². The van der Waals surface area contributed by atoms with Gasteiger partial charge in [0.15, 0.2) is 0 Å². The molecule has 20 heavy (non-hydrogen) atoms. The molecule has 0 aliphatic carbocycles. The zero-order valence-corrected chi connectivity index (χ0v) is 12.2. The van der Waals surface area contributed by atoms with Gasteiger partial charge in [0.05, 0.1) is 24.4 Å². The first-order chi connectivity index (χ1) is 9.52. The van der Waals surface area contributed by atoms with Crippen LogP contribution in [0.4, 0.5) is 5.69 Å². The molecule has 0 aliphatic rings. The molecule has 0 aliphatic heterocycles. The van der Waals surface area contributed by atoms with Crippen LogP contribution in [0.15, 0.2) is 30.5 Å². The number of hydrogen-bond acceptors (Lipinski definition) is 4. The second kappa shape index (κ2) is 5.77. The van der Waals surface area contributed by atoms with Gasteiger partial charge >= 0.3 is 5.97 Å². The van der Waals surface area contributed by atoms with Gasteiger partial charge in [0.25, 0.3) is 0 Å². The molecule has 0 spiro atoms. The zero-order valence-electron chi connectivity index (χ0n) is 12.2. The maximum Gasteiger partial charge on any atom is 0.337 e. The van der Waals surface area contributed by atoms with Crippen molar-refractivity contribution in [1.82, 2.24) is 9.78 Å². The Balaban J connectivity index is 2.24. The van der Waals surface area contributed by atoms with Crippen LogP contribution in [0.2, 0.25) is 0 Å². The summed E-state index contributed by atoms with van der Waals surface area (Å²) in [6.07, 6.45) is 1.77. The van der Waals surface area contributed by atoms with E-state index in [1.54, 1.807) is 12.3 Å². The van der Waals surface area contributed by atoms with Crippen LogP contribution >= 0.6 is 0 Å². The molecule has 1 N–H and O–H groups in total. The number of aryl methyl sites for hydroxylation is 2. The van der Waals surface area contributed by atoms with E-state index in [0.29, 0.717) is 5.56 Å². The third kappa shape index (κ3) is 2.82. The van der Waals surface area contributed by atoms with Gasteiger partial charge in [-0.1, -0.05) is 6.07 Å². The third-order valence-electron chi connectivity index (χ3n) is 3.33. The largest absolute Gasteiger partial charge is 0.465 e. The van der Waals surface area contributed by atoms with Crippen molar-refractivity contribution in [2.45, 2.75) is 19.9 Å². The molecule has 0 saturated carbocycles. The fourth-order valence-electron chi connectivity index (χ4n) is 2.14. The van der Waals surface area contributed by atoms with Gasteiger partial charge in [0.2, 0.25) is 0 Å². The summed E-state index contributed by atoms with van der Waals surface area (Å²) in [6, 6.07) is 7.55. The standard InChI is InChI=1S/C15H19N3O2/c1-10-5-6-12(15(19)20-4)9-13(10)17-11(2)14-7-8-16-18(14)3/h5-9,11,17H,1-4H3. The number of carbonyl (C=O) groups is 1. The number of hydrogen-bond donors (Lipinski definition) is 1. The predicted octanol–water partition coefficient (Wildman–Crippen LogP) is 2.69. The number of nitrogens with one attached hydrogen (secondary N) is 1. The molecule has 5 heteroatoms. The molecule has 1 aromatic heterocycles. The van der Waals surface area contributed by atoms with Crippen molar-refractivity contribution in [3.05, 3.63) is 47.3 Å². The quantitative estimate of drug-likeness (QED) is 0.870. The predicted molar refractivity (Wildman–Crippen MR) is 77.8 cm³/mol. The molecule has 106 valence electrons. The van der Waals surface area contributed by atoms with E-state index < -0.39 is 0 Å². The Labute approximate surface area is 118 Å². The molecule has 0 saturated heterocycles. The fraction of sp³-hybridized carbons (Fsp3) is 0.333. The number of ether oxygens (including phenoxy) is 1. The molecule has 2 aromatic rings. The zero-order chi connectivity index (χ0) is 14.7. The van der Waals surface area contributed by atoms with Crippen molar-refractivity contribution in [1.29, 1.82) is 0 Å². The van der Waals surface area contributed by atoms with Crippen LogP contribution in [-0.2, 0) is 11.8 Å². The molecule has 1 unspecified atom stereocenters. The van der Waals surface area contributed by atoms with Gasteiger partial charge in [-0.15, -0.1) is 0 Å². The second-order valence-corrected chi connectivity index (χ2v) is 4.77. The first kappa shape index (κ1) is 14.1. The molecule has 0 fully saturated rings.